The van der Waals surface area contributed by atoms with Gasteiger partial charge in [-0.1, -0.05) is 0 Å². The largest absolute Gasteiger partial charge is 0.387 e. The highest BCUT2D eigenvalue weighted by Crippen LogP contribution is 2.49. The molecule has 0 aliphatic carbocycles. The first-order valence-corrected chi connectivity index (χ1v) is 7.51. The molecule has 2 unspecified atom stereocenters. The zero-order valence-electron chi connectivity index (χ0n) is 10.7. The minimum absolute atomic E-state index is 0.132. The van der Waals surface area contributed by atoms with Gasteiger partial charge in [-0.3, -0.25) is 0 Å². The lowest BCUT2D eigenvalue weighted by molar-refractivity contribution is -0.0877. The number of rotatable bonds is 2. The van der Waals surface area contributed by atoms with E-state index in [1.54, 1.807) is 11.3 Å². The molecule has 0 saturated carbocycles. The molecule has 1 aliphatic rings. The van der Waals surface area contributed by atoms with Gasteiger partial charge in [-0.15, -0.1) is 11.3 Å². The molecule has 0 amide bonds. The second kappa shape index (κ2) is 4.34. The van der Waals surface area contributed by atoms with Crippen molar-refractivity contribution in [1.29, 1.82) is 0 Å². The van der Waals surface area contributed by atoms with E-state index in [1.165, 1.54) is 0 Å². The second-order valence-corrected chi connectivity index (χ2v) is 7.66. The number of aliphatic hydroxyl groups is 1. The highest BCUT2D eigenvalue weighted by atomic mass is 79.9. The Kier molecular flexibility index (Phi) is 3.45. The van der Waals surface area contributed by atoms with E-state index < -0.39 is 6.10 Å². The van der Waals surface area contributed by atoms with E-state index in [9.17, 15) is 5.11 Å². The fraction of sp³-hybridized carbons (Fsp3) is 0.692. The van der Waals surface area contributed by atoms with Gasteiger partial charge >= 0.3 is 0 Å². The normalized spacial score (nSPS) is 28.2. The van der Waals surface area contributed by atoms with Crippen LogP contribution >= 0.6 is 27.3 Å². The van der Waals surface area contributed by atoms with Crippen molar-refractivity contribution in [3.05, 3.63) is 20.8 Å². The summed E-state index contributed by atoms with van der Waals surface area (Å²) in [4.78, 5) is 1.00. The Morgan fingerprint density at radius 3 is 2.53 bits per heavy atom. The molecule has 0 radical (unpaired) electrons. The van der Waals surface area contributed by atoms with Crippen molar-refractivity contribution in [3.63, 3.8) is 0 Å². The van der Waals surface area contributed by atoms with Crippen LogP contribution in [0, 0.1) is 5.92 Å². The Morgan fingerprint density at radius 1 is 1.47 bits per heavy atom. The van der Waals surface area contributed by atoms with Crippen LogP contribution in [0.15, 0.2) is 15.9 Å². The number of ether oxygens (including phenoxy) is 1. The van der Waals surface area contributed by atoms with Crippen LogP contribution in [-0.4, -0.2) is 16.3 Å². The summed E-state index contributed by atoms with van der Waals surface area (Å²) in [5, 5.41) is 12.6. The number of thiophene rings is 1. The summed E-state index contributed by atoms with van der Waals surface area (Å²) >= 11 is 5.08. The van der Waals surface area contributed by atoms with Gasteiger partial charge in [-0.05, 0) is 61.5 Å². The molecule has 17 heavy (non-hydrogen) atoms. The van der Waals surface area contributed by atoms with E-state index in [0.717, 1.165) is 15.8 Å². The van der Waals surface area contributed by atoms with Gasteiger partial charge in [-0.25, -0.2) is 0 Å². The van der Waals surface area contributed by atoms with Crippen LogP contribution in [0.1, 0.15) is 45.1 Å². The Morgan fingerprint density at radius 2 is 2.12 bits per heavy atom. The summed E-state index contributed by atoms with van der Waals surface area (Å²) in [5.41, 5.74) is -0.439. The van der Waals surface area contributed by atoms with Gasteiger partial charge in [0.05, 0.1) is 17.3 Å². The second-order valence-electron chi connectivity index (χ2n) is 5.85. The topological polar surface area (TPSA) is 29.5 Å². The molecule has 2 rings (SSSR count). The molecule has 2 heterocycles. The maximum absolute atomic E-state index is 10.6. The van der Waals surface area contributed by atoms with E-state index in [-0.39, 0.29) is 17.1 Å². The predicted octanol–water partition coefficient (Wildman–Crippen LogP) is 4.14. The fourth-order valence-corrected chi connectivity index (χ4v) is 4.45. The quantitative estimate of drug-likeness (QED) is 0.888. The highest BCUT2D eigenvalue weighted by molar-refractivity contribution is 9.10. The van der Waals surface area contributed by atoms with Crippen LogP contribution in [0.3, 0.4) is 0 Å². The molecule has 1 N–H and O–H groups in total. The lowest BCUT2D eigenvalue weighted by Crippen LogP contribution is -2.32. The molecule has 1 aliphatic heterocycles. The van der Waals surface area contributed by atoms with E-state index in [1.807, 2.05) is 11.4 Å². The first-order chi connectivity index (χ1) is 7.73. The third kappa shape index (κ3) is 2.60. The molecule has 2 nitrogen and oxygen atoms in total. The highest BCUT2D eigenvalue weighted by Gasteiger charge is 2.49. The van der Waals surface area contributed by atoms with Gasteiger partial charge in [-0.2, -0.15) is 0 Å². The lowest BCUT2D eigenvalue weighted by atomic mass is 9.82. The molecule has 0 bridgehead atoms. The Bertz CT molecular complexity index is 411. The summed E-state index contributed by atoms with van der Waals surface area (Å²) < 4.78 is 7.03. The zero-order valence-corrected chi connectivity index (χ0v) is 13.1. The molecule has 0 spiro atoms. The van der Waals surface area contributed by atoms with E-state index in [2.05, 4.69) is 43.6 Å². The minimum Gasteiger partial charge on any atom is -0.387 e. The first-order valence-electron chi connectivity index (χ1n) is 5.84. The lowest BCUT2D eigenvalue weighted by Gasteiger charge is -2.30. The molecule has 2 atom stereocenters. The van der Waals surface area contributed by atoms with Crippen LogP contribution in [0.25, 0.3) is 0 Å². The van der Waals surface area contributed by atoms with Crippen molar-refractivity contribution < 1.29 is 9.84 Å². The maximum atomic E-state index is 10.6. The van der Waals surface area contributed by atoms with Gasteiger partial charge in [0.15, 0.2) is 0 Å². The van der Waals surface area contributed by atoms with Crippen molar-refractivity contribution in [2.24, 2.45) is 5.92 Å². The van der Waals surface area contributed by atoms with Crippen LogP contribution in [0.5, 0.6) is 0 Å². The molecule has 1 fully saturated rings. The van der Waals surface area contributed by atoms with Crippen LogP contribution in [-0.2, 0) is 4.74 Å². The van der Waals surface area contributed by atoms with Crippen LogP contribution in [0.4, 0.5) is 0 Å². The van der Waals surface area contributed by atoms with E-state index in [0.29, 0.717) is 0 Å². The zero-order chi connectivity index (χ0) is 12.8. The molecule has 1 aromatic rings. The van der Waals surface area contributed by atoms with Gasteiger partial charge in [0.1, 0.15) is 0 Å². The third-order valence-corrected chi connectivity index (χ3v) is 5.38. The Balaban J connectivity index is 2.26. The maximum Gasteiger partial charge on any atom is 0.0949 e. The first kappa shape index (κ1) is 13.5. The van der Waals surface area contributed by atoms with E-state index >= 15 is 0 Å². The van der Waals surface area contributed by atoms with E-state index in [4.69, 9.17) is 4.74 Å². The standard InChI is InChI=1S/C13H19BrO2S/c1-12(2)7-8(13(3,4)16-12)10(15)11-9(14)5-6-17-11/h5-6,8,10,15H,7H2,1-4H3. The van der Waals surface area contributed by atoms with Gasteiger partial charge in [0, 0.05) is 15.3 Å². The number of hydrogen-bond donors (Lipinski definition) is 1. The van der Waals surface area contributed by atoms with Crippen molar-refractivity contribution in [2.45, 2.75) is 51.4 Å². The summed E-state index contributed by atoms with van der Waals surface area (Å²) in [7, 11) is 0. The van der Waals surface area contributed by atoms with Crippen LogP contribution in [0.2, 0.25) is 0 Å². The molecule has 96 valence electrons. The summed E-state index contributed by atoms with van der Waals surface area (Å²) in [5.74, 6) is 0.132. The summed E-state index contributed by atoms with van der Waals surface area (Å²) in [6.45, 7) is 8.31. The molecule has 4 heteroatoms. The molecular formula is C13H19BrO2S. The third-order valence-electron chi connectivity index (χ3n) is 3.44. The monoisotopic (exact) mass is 318 g/mol. The van der Waals surface area contributed by atoms with Crippen molar-refractivity contribution >= 4 is 27.3 Å². The van der Waals surface area contributed by atoms with Crippen molar-refractivity contribution in [1.82, 2.24) is 0 Å². The van der Waals surface area contributed by atoms with Crippen molar-refractivity contribution in [3.8, 4) is 0 Å². The number of hydrogen-bond acceptors (Lipinski definition) is 3. The summed E-state index contributed by atoms with van der Waals surface area (Å²) in [6.07, 6.45) is 0.423. The molecular weight excluding hydrogens is 300 g/mol. The fourth-order valence-electron chi connectivity index (χ4n) is 2.80. The average Bonchev–Trinajstić information content (AvgIpc) is 2.66. The molecule has 1 saturated heterocycles. The molecule has 1 aromatic heterocycles. The van der Waals surface area contributed by atoms with Crippen molar-refractivity contribution in [2.75, 3.05) is 0 Å². The minimum atomic E-state index is -0.457. The Hall–Kier alpha value is 0.1000. The number of halogens is 1. The Labute approximate surface area is 115 Å². The van der Waals surface area contributed by atoms with Gasteiger partial charge in [0.2, 0.25) is 0 Å². The average molecular weight is 319 g/mol. The SMILES string of the molecule is CC1(C)CC(C(O)c2sccc2Br)C(C)(C)O1. The van der Waals surface area contributed by atoms with Crippen LogP contribution < -0.4 is 0 Å². The smallest absolute Gasteiger partial charge is 0.0949 e. The summed E-state index contributed by atoms with van der Waals surface area (Å²) in [6, 6.07) is 1.98. The predicted molar refractivity (Wildman–Crippen MR) is 74.3 cm³/mol. The van der Waals surface area contributed by atoms with Gasteiger partial charge in [0.25, 0.3) is 0 Å². The number of aliphatic hydroxyl groups excluding tert-OH is 1. The van der Waals surface area contributed by atoms with Gasteiger partial charge < -0.3 is 9.84 Å². The molecule has 0 aromatic carbocycles.